The second-order valence-corrected chi connectivity index (χ2v) is 8.11. The second-order valence-electron chi connectivity index (χ2n) is 7.85. The summed E-state index contributed by atoms with van der Waals surface area (Å²) in [4.78, 5) is 20.7. The van der Waals surface area contributed by atoms with Crippen molar-refractivity contribution in [1.29, 1.82) is 0 Å². The number of halogens is 1. The number of hydrogen-bond acceptors (Lipinski definition) is 6. The Labute approximate surface area is 169 Å². The van der Waals surface area contributed by atoms with E-state index in [1.54, 1.807) is 12.4 Å². The third kappa shape index (κ3) is 3.20. The van der Waals surface area contributed by atoms with Crippen LogP contribution in [0.15, 0.2) is 36.8 Å². The standard InChI is InChI=1S/C21H23ClN6/c22-12-16-11-17-18(13-25-16)26-19(15-1-6-23-7-2-15)27-20(17)28-9-4-21(5-10-28)3-8-24-14-21/h1-2,6-7,11,13,24H,3-5,8-10,12,14H2. The van der Waals surface area contributed by atoms with Gasteiger partial charge >= 0.3 is 0 Å². The molecule has 2 aliphatic rings. The van der Waals surface area contributed by atoms with E-state index in [-0.39, 0.29) is 0 Å². The minimum Gasteiger partial charge on any atom is -0.356 e. The lowest BCUT2D eigenvalue weighted by atomic mass is 9.78. The summed E-state index contributed by atoms with van der Waals surface area (Å²) >= 11 is 6.04. The molecule has 1 spiro atoms. The molecule has 0 amide bonds. The summed E-state index contributed by atoms with van der Waals surface area (Å²) in [5, 5.41) is 4.57. The molecule has 0 aliphatic carbocycles. The molecule has 2 aliphatic heterocycles. The second kappa shape index (κ2) is 7.26. The van der Waals surface area contributed by atoms with Crippen LogP contribution in [0.4, 0.5) is 5.82 Å². The van der Waals surface area contributed by atoms with Gasteiger partial charge in [0.15, 0.2) is 5.82 Å². The summed E-state index contributed by atoms with van der Waals surface area (Å²) < 4.78 is 0. The number of hydrogen-bond donors (Lipinski definition) is 1. The van der Waals surface area contributed by atoms with Crippen LogP contribution in [0.2, 0.25) is 0 Å². The first kappa shape index (κ1) is 17.8. The number of alkyl halides is 1. The van der Waals surface area contributed by atoms with Gasteiger partial charge in [0.25, 0.3) is 0 Å². The van der Waals surface area contributed by atoms with E-state index in [1.807, 2.05) is 24.4 Å². The van der Waals surface area contributed by atoms with Crippen LogP contribution >= 0.6 is 11.6 Å². The Morgan fingerprint density at radius 2 is 1.93 bits per heavy atom. The summed E-state index contributed by atoms with van der Waals surface area (Å²) in [5.74, 6) is 2.09. The van der Waals surface area contributed by atoms with E-state index < -0.39 is 0 Å². The highest BCUT2D eigenvalue weighted by atomic mass is 35.5. The number of nitrogens with one attached hydrogen (secondary N) is 1. The van der Waals surface area contributed by atoms with Gasteiger partial charge in [-0.3, -0.25) is 9.97 Å². The van der Waals surface area contributed by atoms with E-state index in [0.717, 1.165) is 54.2 Å². The largest absolute Gasteiger partial charge is 0.356 e. The Bertz CT molecular complexity index is 977. The molecule has 28 heavy (non-hydrogen) atoms. The number of nitrogens with zero attached hydrogens (tertiary/aromatic N) is 5. The van der Waals surface area contributed by atoms with Gasteiger partial charge in [0.05, 0.1) is 23.3 Å². The fraction of sp³-hybridized carbons (Fsp3) is 0.429. The van der Waals surface area contributed by atoms with E-state index in [1.165, 1.54) is 19.3 Å². The lowest BCUT2D eigenvalue weighted by Gasteiger charge is -2.39. The van der Waals surface area contributed by atoms with Crippen LogP contribution < -0.4 is 10.2 Å². The number of aromatic nitrogens is 4. The average Bonchev–Trinajstić information content (AvgIpc) is 3.22. The van der Waals surface area contributed by atoms with Crippen molar-refractivity contribution in [3.05, 3.63) is 42.5 Å². The quantitative estimate of drug-likeness (QED) is 0.687. The number of rotatable bonds is 3. The minimum absolute atomic E-state index is 0.385. The van der Waals surface area contributed by atoms with Gasteiger partial charge in [-0.05, 0) is 49.4 Å². The topological polar surface area (TPSA) is 66.8 Å². The van der Waals surface area contributed by atoms with Crippen molar-refractivity contribution in [3.8, 4) is 11.4 Å². The maximum absolute atomic E-state index is 6.04. The number of piperidine rings is 1. The van der Waals surface area contributed by atoms with Crippen LogP contribution in [0.3, 0.4) is 0 Å². The van der Waals surface area contributed by atoms with Gasteiger partial charge in [-0.1, -0.05) is 0 Å². The molecule has 2 fully saturated rings. The van der Waals surface area contributed by atoms with Crippen molar-refractivity contribution in [3.63, 3.8) is 0 Å². The molecule has 7 heteroatoms. The normalized spacial score (nSPS) is 18.8. The van der Waals surface area contributed by atoms with E-state index in [2.05, 4.69) is 20.2 Å². The Morgan fingerprint density at radius 3 is 2.64 bits per heavy atom. The van der Waals surface area contributed by atoms with Gasteiger partial charge in [-0.2, -0.15) is 0 Å². The van der Waals surface area contributed by atoms with Crippen LogP contribution in [-0.4, -0.2) is 46.1 Å². The lowest BCUT2D eigenvalue weighted by molar-refractivity contribution is 0.247. The zero-order valence-electron chi connectivity index (χ0n) is 15.7. The fourth-order valence-electron chi connectivity index (χ4n) is 4.42. The fourth-order valence-corrected chi connectivity index (χ4v) is 4.56. The maximum atomic E-state index is 6.04. The third-order valence-electron chi connectivity index (χ3n) is 6.15. The first-order chi connectivity index (χ1) is 13.8. The molecule has 2 saturated heterocycles. The van der Waals surface area contributed by atoms with Gasteiger partial charge in [0, 0.05) is 43.0 Å². The van der Waals surface area contributed by atoms with Gasteiger partial charge in [0.1, 0.15) is 5.82 Å². The molecule has 0 atom stereocenters. The van der Waals surface area contributed by atoms with Crippen molar-refractivity contribution in [2.75, 3.05) is 31.1 Å². The molecule has 144 valence electrons. The van der Waals surface area contributed by atoms with Crippen molar-refractivity contribution >= 4 is 28.3 Å². The summed E-state index contributed by atoms with van der Waals surface area (Å²) in [6.07, 6.45) is 9.04. The Hall–Kier alpha value is -2.31. The maximum Gasteiger partial charge on any atom is 0.162 e. The Kier molecular flexibility index (Phi) is 4.61. The van der Waals surface area contributed by atoms with Crippen molar-refractivity contribution < 1.29 is 0 Å². The van der Waals surface area contributed by atoms with E-state index in [9.17, 15) is 0 Å². The predicted molar refractivity (Wildman–Crippen MR) is 111 cm³/mol. The van der Waals surface area contributed by atoms with Gasteiger partial charge in [-0.15, -0.1) is 11.6 Å². The molecule has 0 saturated carbocycles. The zero-order chi connectivity index (χ0) is 19.0. The number of anilines is 1. The van der Waals surface area contributed by atoms with E-state index >= 15 is 0 Å². The lowest BCUT2D eigenvalue weighted by Crippen LogP contribution is -2.41. The first-order valence-corrected chi connectivity index (χ1v) is 10.4. The van der Waals surface area contributed by atoms with E-state index in [0.29, 0.717) is 17.1 Å². The number of pyridine rings is 2. The van der Waals surface area contributed by atoms with Crippen LogP contribution in [0.1, 0.15) is 25.0 Å². The molecule has 0 bridgehead atoms. The SMILES string of the molecule is ClCc1cc2c(N3CCC4(CCNC4)CC3)nc(-c3ccncc3)nc2cn1. The summed E-state index contributed by atoms with van der Waals surface area (Å²) in [7, 11) is 0. The molecule has 3 aromatic rings. The molecule has 5 heterocycles. The Balaban J connectivity index is 1.57. The highest BCUT2D eigenvalue weighted by Gasteiger charge is 2.37. The molecule has 1 N–H and O–H groups in total. The highest BCUT2D eigenvalue weighted by Crippen LogP contribution is 2.39. The van der Waals surface area contributed by atoms with Crippen LogP contribution in [0.25, 0.3) is 22.3 Å². The zero-order valence-corrected chi connectivity index (χ0v) is 16.5. The molecule has 0 unspecified atom stereocenters. The molecule has 0 radical (unpaired) electrons. The number of fused-ring (bicyclic) bond motifs is 1. The van der Waals surface area contributed by atoms with Gasteiger partial charge < -0.3 is 10.2 Å². The molecule has 5 rings (SSSR count). The van der Waals surface area contributed by atoms with Crippen LogP contribution in [0.5, 0.6) is 0 Å². The van der Waals surface area contributed by atoms with Crippen LogP contribution in [0, 0.1) is 5.41 Å². The molecule has 6 nitrogen and oxygen atoms in total. The van der Waals surface area contributed by atoms with Crippen molar-refractivity contribution in [2.24, 2.45) is 5.41 Å². The third-order valence-corrected chi connectivity index (χ3v) is 6.42. The average molecular weight is 395 g/mol. The molecule has 3 aromatic heterocycles. The van der Waals surface area contributed by atoms with Crippen molar-refractivity contribution in [1.82, 2.24) is 25.3 Å². The highest BCUT2D eigenvalue weighted by molar-refractivity contribution is 6.17. The summed E-state index contributed by atoms with van der Waals surface area (Å²) in [6, 6.07) is 5.93. The van der Waals surface area contributed by atoms with E-state index in [4.69, 9.17) is 21.6 Å². The van der Waals surface area contributed by atoms with Crippen molar-refractivity contribution in [2.45, 2.75) is 25.1 Å². The predicted octanol–water partition coefficient (Wildman–Crippen LogP) is 3.41. The smallest absolute Gasteiger partial charge is 0.162 e. The summed E-state index contributed by atoms with van der Waals surface area (Å²) in [6.45, 7) is 4.32. The summed E-state index contributed by atoms with van der Waals surface area (Å²) in [5.41, 5.74) is 3.14. The Morgan fingerprint density at radius 1 is 1.11 bits per heavy atom. The van der Waals surface area contributed by atoms with Gasteiger partial charge in [-0.25, -0.2) is 9.97 Å². The first-order valence-electron chi connectivity index (χ1n) is 9.85. The molecule has 0 aromatic carbocycles. The monoisotopic (exact) mass is 394 g/mol. The molecular weight excluding hydrogens is 372 g/mol. The van der Waals surface area contributed by atoms with Gasteiger partial charge in [0.2, 0.25) is 0 Å². The molecular formula is C21H23ClN6. The van der Waals surface area contributed by atoms with Crippen LogP contribution in [-0.2, 0) is 5.88 Å². The minimum atomic E-state index is 0.385.